The number of pyridine rings is 1. The van der Waals surface area contributed by atoms with Gasteiger partial charge in [-0.3, -0.25) is 4.79 Å². The Labute approximate surface area is 159 Å². The third-order valence-corrected chi connectivity index (χ3v) is 3.95. The quantitative estimate of drug-likeness (QED) is 0.538. The standard InChI is InChI=1S/C18H16N8O2/c1-19-17-22-14(23-18(24-17)26(2)12-6-4-3-5-7-12)15-21-16(28-25-15)11-8-9-13(27)20-10-11/h3-10H,1-2H3,(H,20,27)(H,19,22,23,24). The maximum absolute atomic E-state index is 11.2. The van der Waals surface area contributed by atoms with Crippen molar-refractivity contribution in [3.63, 3.8) is 0 Å². The highest BCUT2D eigenvalue weighted by Gasteiger charge is 2.17. The smallest absolute Gasteiger partial charge is 0.259 e. The summed E-state index contributed by atoms with van der Waals surface area (Å²) in [5.74, 6) is 1.52. The number of aromatic amines is 1. The zero-order valence-electron chi connectivity index (χ0n) is 15.1. The maximum Gasteiger partial charge on any atom is 0.259 e. The second-order valence-electron chi connectivity index (χ2n) is 5.79. The van der Waals surface area contributed by atoms with Gasteiger partial charge in [0.25, 0.3) is 5.89 Å². The van der Waals surface area contributed by atoms with Crippen LogP contribution >= 0.6 is 0 Å². The second-order valence-corrected chi connectivity index (χ2v) is 5.79. The summed E-state index contributed by atoms with van der Waals surface area (Å²) in [4.78, 5) is 33.1. The number of hydrogen-bond donors (Lipinski definition) is 2. The van der Waals surface area contributed by atoms with E-state index in [4.69, 9.17) is 4.52 Å². The molecule has 0 atom stereocenters. The van der Waals surface area contributed by atoms with Crippen molar-refractivity contribution in [2.45, 2.75) is 0 Å². The molecule has 0 radical (unpaired) electrons. The van der Waals surface area contributed by atoms with E-state index in [9.17, 15) is 4.79 Å². The summed E-state index contributed by atoms with van der Waals surface area (Å²) in [6.45, 7) is 0. The van der Waals surface area contributed by atoms with Crippen LogP contribution in [0, 0.1) is 0 Å². The minimum Gasteiger partial charge on any atom is -0.357 e. The highest BCUT2D eigenvalue weighted by molar-refractivity contribution is 5.60. The molecule has 0 spiro atoms. The average Bonchev–Trinajstić information content (AvgIpc) is 3.24. The van der Waals surface area contributed by atoms with E-state index in [1.165, 1.54) is 12.3 Å². The number of para-hydroxylation sites is 1. The highest BCUT2D eigenvalue weighted by atomic mass is 16.5. The van der Waals surface area contributed by atoms with Gasteiger partial charge in [0.15, 0.2) is 0 Å². The third-order valence-electron chi connectivity index (χ3n) is 3.95. The highest BCUT2D eigenvalue weighted by Crippen LogP contribution is 2.24. The van der Waals surface area contributed by atoms with Gasteiger partial charge < -0.3 is 19.7 Å². The van der Waals surface area contributed by atoms with Crippen LogP contribution in [-0.2, 0) is 0 Å². The molecule has 4 aromatic rings. The van der Waals surface area contributed by atoms with E-state index < -0.39 is 0 Å². The molecule has 140 valence electrons. The van der Waals surface area contributed by atoms with Crippen molar-refractivity contribution in [1.82, 2.24) is 30.1 Å². The molecule has 0 aliphatic rings. The molecular weight excluding hydrogens is 360 g/mol. The predicted molar refractivity (Wildman–Crippen MR) is 103 cm³/mol. The molecule has 1 aromatic carbocycles. The van der Waals surface area contributed by atoms with Crippen molar-refractivity contribution in [3.8, 4) is 23.1 Å². The van der Waals surface area contributed by atoms with Gasteiger partial charge in [0, 0.05) is 32.0 Å². The van der Waals surface area contributed by atoms with Crippen molar-refractivity contribution in [3.05, 3.63) is 59.0 Å². The number of aromatic nitrogens is 6. The van der Waals surface area contributed by atoms with Crippen LogP contribution in [-0.4, -0.2) is 44.2 Å². The number of anilines is 3. The predicted octanol–water partition coefficient (Wildman–Crippen LogP) is 2.09. The number of nitrogens with zero attached hydrogens (tertiary/aromatic N) is 6. The topological polar surface area (TPSA) is 126 Å². The lowest BCUT2D eigenvalue weighted by Crippen LogP contribution is -2.15. The van der Waals surface area contributed by atoms with Crippen LogP contribution in [0.5, 0.6) is 0 Å². The van der Waals surface area contributed by atoms with E-state index in [2.05, 4.69) is 35.4 Å². The van der Waals surface area contributed by atoms with Crippen molar-refractivity contribution in [1.29, 1.82) is 0 Å². The molecule has 4 rings (SSSR count). The van der Waals surface area contributed by atoms with E-state index in [1.54, 1.807) is 13.1 Å². The second kappa shape index (κ2) is 7.27. The average molecular weight is 376 g/mol. The Hall–Kier alpha value is -4.08. The summed E-state index contributed by atoms with van der Waals surface area (Å²) in [6, 6.07) is 12.7. The van der Waals surface area contributed by atoms with Gasteiger partial charge in [0.1, 0.15) is 0 Å². The van der Waals surface area contributed by atoms with Gasteiger partial charge >= 0.3 is 0 Å². The fourth-order valence-electron chi connectivity index (χ4n) is 2.47. The van der Waals surface area contributed by atoms with E-state index in [0.717, 1.165) is 5.69 Å². The van der Waals surface area contributed by atoms with E-state index >= 15 is 0 Å². The van der Waals surface area contributed by atoms with Crippen LogP contribution in [0.1, 0.15) is 0 Å². The van der Waals surface area contributed by atoms with Crippen LogP contribution in [0.2, 0.25) is 0 Å². The van der Waals surface area contributed by atoms with Crippen LogP contribution in [0.25, 0.3) is 23.1 Å². The van der Waals surface area contributed by atoms with Crippen LogP contribution in [0.15, 0.2) is 58.0 Å². The molecule has 0 bridgehead atoms. The minimum absolute atomic E-state index is 0.211. The first-order valence-electron chi connectivity index (χ1n) is 8.40. The van der Waals surface area contributed by atoms with E-state index in [0.29, 0.717) is 17.5 Å². The molecule has 0 saturated heterocycles. The lowest BCUT2D eigenvalue weighted by molar-refractivity contribution is 0.431. The summed E-state index contributed by atoms with van der Waals surface area (Å²) in [5, 5.41) is 6.87. The van der Waals surface area contributed by atoms with E-state index in [-0.39, 0.29) is 23.1 Å². The normalized spacial score (nSPS) is 10.6. The first kappa shape index (κ1) is 17.3. The van der Waals surface area contributed by atoms with E-state index in [1.807, 2.05) is 42.3 Å². The molecule has 2 N–H and O–H groups in total. The summed E-state index contributed by atoms with van der Waals surface area (Å²) >= 11 is 0. The number of H-pyrrole nitrogens is 1. The van der Waals surface area contributed by atoms with Crippen molar-refractivity contribution >= 4 is 17.6 Å². The SMILES string of the molecule is CNc1nc(-c2noc(-c3ccc(=O)[nH]c3)n2)nc(N(C)c2ccccc2)n1. The van der Waals surface area contributed by atoms with Crippen LogP contribution < -0.4 is 15.8 Å². The Kier molecular flexibility index (Phi) is 4.50. The Morgan fingerprint density at radius 2 is 1.82 bits per heavy atom. The first-order chi connectivity index (χ1) is 13.6. The number of hydrogen-bond acceptors (Lipinski definition) is 9. The molecule has 28 heavy (non-hydrogen) atoms. The Morgan fingerprint density at radius 3 is 2.54 bits per heavy atom. The molecule has 0 aliphatic heterocycles. The molecule has 3 aromatic heterocycles. The van der Waals surface area contributed by atoms with Gasteiger partial charge in [-0.15, -0.1) is 0 Å². The van der Waals surface area contributed by atoms with Gasteiger partial charge in [-0.1, -0.05) is 23.4 Å². The lowest BCUT2D eigenvalue weighted by atomic mass is 10.3. The zero-order valence-corrected chi connectivity index (χ0v) is 15.1. The zero-order chi connectivity index (χ0) is 19.5. The van der Waals surface area contributed by atoms with Gasteiger partial charge in [0.05, 0.1) is 5.56 Å². The Balaban J connectivity index is 1.72. The number of rotatable bonds is 5. The fraction of sp³-hybridized carbons (Fsp3) is 0.111. The number of nitrogens with one attached hydrogen (secondary N) is 2. The van der Waals surface area contributed by atoms with Crippen molar-refractivity contribution in [2.75, 3.05) is 24.3 Å². The summed E-state index contributed by atoms with van der Waals surface area (Å²) in [6.07, 6.45) is 1.50. The molecule has 10 nitrogen and oxygen atoms in total. The number of benzene rings is 1. The monoisotopic (exact) mass is 376 g/mol. The molecule has 3 heterocycles. The van der Waals surface area contributed by atoms with Gasteiger partial charge in [-0.25, -0.2) is 0 Å². The van der Waals surface area contributed by atoms with Crippen LogP contribution in [0.4, 0.5) is 17.6 Å². The van der Waals surface area contributed by atoms with Crippen molar-refractivity contribution < 1.29 is 4.52 Å². The fourth-order valence-corrected chi connectivity index (χ4v) is 2.47. The minimum atomic E-state index is -0.215. The molecular formula is C18H16N8O2. The van der Waals surface area contributed by atoms with Crippen LogP contribution in [0.3, 0.4) is 0 Å². The first-order valence-corrected chi connectivity index (χ1v) is 8.40. The van der Waals surface area contributed by atoms with Gasteiger partial charge in [-0.05, 0) is 18.2 Å². The van der Waals surface area contributed by atoms with Gasteiger partial charge in [-0.2, -0.15) is 19.9 Å². The molecule has 0 saturated carbocycles. The molecule has 0 amide bonds. The maximum atomic E-state index is 11.2. The van der Waals surface area contributed by atoms with Gasteiger partial charge in [0.2, 0.25) is 29.1 Å². The largest absolute Gasteiger partial charge is 0.357 e. The molecule has 0 aliphatic carbocycles. The molecule has 10 heteroatoms. The summed E-state index contributed by atoms with van der Waals surface area (Å²) in [7, 11) is 3.57. The molecule has 0 fully saturated rings. The Bertz CT molecular complexity index is 1140. The Morgan fingerprint density at radius 1 is 1.00 bits per heavy atom. The summed E-state index contributed by atoms with van der Waals surface area (Å²) < 4.78 is 5.29. The lowest BCUT2D eigenvalue weighted by Gasteiger charge is -2.17. The molecule has 0 unspecified atom stereocenters. The van der Waals surface area contributed by atoms with Crippen molar-refractivity contribution in [2.24, 2.45) is 0 Å². The third kappa shape index (κ3) is 3.43. The summed E-state index contributed by atoms with van der Waals surface area (Å²) in [5.41, 5.74) is 1.29.